The zero-order valence-corrected chi connectivity index (χ0v) is 15.9. The number of ether oxygens (including phenoxy) is 1. The number of pyridine rings is 1. The molecule has 27 heavy (non-hydrogen) atoms. The molecule has 2 aromatic heterocycles. The Morgan fingerprint density at radius 2 is 2.07 bits per heavy atom. The maximum absolute atomic E-state index is 12.4. The summed E-state index contributed by atoms with van der Waals surface area (Å²) in [6, 6.07) is 3.52. The number of aromatic nitrogens is 3. The van der Waals surface area contributed by atoms with E-state index in [0.29, 0.717) is 37.4 Å². The third kappa shape index (κ3) is 5.34. The molecule has 1 aliphatic heterocycles. The first-order chi connectivity index (χ1) is 12.9. The Morgan fingerprint density at radius 3 is 2.78 bits per heavy atom. The van der Waals surface area contributed by atoms with Gasteiger partial charge < -0.3 is 14.6 Å². The summed E-state index contributed by atoms with van der Waals surface area (Å²) in [5.74, 6) is -0.289. The number of nitrogens with zero attached hydrogens (tertiary/aromatic N) is 3. The number of carbonyl (C=O) groups excluding carboxylic acids is 1. The molecule has 3 rings (SSSR count). The van der Waals surface area contributed by atoms with Crippen molar-refractivity contribution in [1.82, 2.24) is 24.6 Å². The third-order valence-electron chi connectivity index (χ3n) is 4.33. The Morgan fingerprint density at radius 1 is 1.30 bits per heavy atom. The first-order valence-corrected chi connectivity index (χ1v) is 10.2. The summed E-state index contributed by atoms with van der Waals surface area (Å²) in [6.45, 7) is 1.36. The van der Waals surface area contributed by atoms with Crippen LogP contribution in [-0.4, -0.2) is 47.3 Å². The average molecular weight is 393 g/mol. The summed E-state index contributed by atoms with van der Waals surface area (Å²) in [5, 5.41) is 2.34. The minimum atomic E-state index is -3.38. The van der Waals surface area contributed by atoms with E-state index in [1.54, 1.807) is 42.5 Å². The van der Waals surface area contributed by atoms with E-state index in [4.69, 9.17) is 4.74 Å². The van der Waals surface area contributed by atoms with E-state index >= 15 is 0 Å². The molecule has 0 bridgehead atoms. The van der Waals surface area contributed by atoms with Crippen molar-refractivity contribution in [3.8, 4) is 0 Å². The van der Waals surface area contributed by atoms with Crippen molar-refractivity contribution in [3.63, 3.8) is 0 Å². The first-order valence-electron chi connectivity index (χ1n) is 8.70. The van der Waals surface area contributed by atoms with Gasteiger partial charge in [0, 0.05) is 39.2 Å². The predicted molar refractivity (Wildman–Crippen MR) is 98.2 cm³/mol. The second kappa shape index (κ2) is 8.59. The minimum Gasteiger partial charge on any atom is -0.381 e. The van der Waals surface area contributed by atoms with E-state index in [1.165, 1.54) is 0 Å². The van der Waals surface area contributed by atoms with Crippen molar-refractivity contribution in [2.24, 2.45) is 7.05 Å². The number of sulfonamides is 1. The molecular formula is C17H23N5O4S. The fourth-order valence-corrected chi connectivity index (χ4v) is 4.23. The highest BCUT2D eigenvalue weighted by Crippen LogP contribution is 2.15. The van der Waals surface area contributed by atoms with Crippen LogP contribution in [0.4, 0.5) is 0 Å². The SMILES string of the molecule is Cn1cnc(C(=O)NCc2cc(CNS(=O)(=O)C3CCOCC3)ccn2)c1. The molecule has 0 spiro atoms. The van der Waals surface area contributed by atoms with Gasteiger partial charge in [0.05, 0.1) is 23.8 Å². The van der Waals surface area contributed by atoms with Crippen molar-refractivity contribution < 1.29 is 17.9 Å². The molecule has 10 heteroatoms. The molecule has 1 amide bonds. The standard InChI is InChI=1S/C17H23N5O4S/c1-22-11-16(20-12-22)17(23)19-10-14-8-13(2-5-18-14)9-21-27(24,25)15-3-6-26-7-4-15/h2,5,8,11-12,15,21H,3-4,6-7,9-10H2,1H3,(H,19,23). The van der Waals surface area contributed by atoms with Gasteiger partial charge in [-0.15, -0.1) is 0 Å². The van der Waals surface area contributed by atoms with Gasteiger partial charge >= 0.3 is 0 Å². The van der Waals surface area contributed by atoms with E-state index < -0.39 is 15.3 Å². The largest absolute Gasteiger partial charge is 0.381 e. The van der Waals surface area contributed by atoms with E-state index in [9.17, 15) is 13.2 Å². The Balaban J connectivity index is 1.54. The zero-order chi connectivity index (χ0) is 19.3. The lowest BCUT2D eigenvalue weighted by atomic mass is 10.2. The number of aryl methyl sites for hydroxylation is 1. The lowest BCUT2D eigenvalue weighted by Crippen LogP contribution is -2.37. The topological polar surface area (TPSA) is 115 Å². The summed E-state index contributed by atoms with van der Waals surface area (Å²) in [6.07, 6.45) is 5.80. The zero-order valence-electron chi connectivity index (χ0n) is 15.1. The fourth-order valence-electron chi connectivity index (χ4n) is 2.81. The molecule has 0 radical (unpaired) electrons. The number of imidazole rings is 1. The van der Waals surface area contributed by atoms with Crippen molar-refractivity contribution in [2.45, 2.75) is 31.2 Å². The van der Waals surface area contributed by atoms with Crippen molar-refractivity contribution in [3.05, 3.63) is 47.8 Å². The number of hydrogen-bond acceptors (Lipinski definition) is 6. The smallest absolute Gasteiger partial charge is 0.271 e. The van der Waals surface area contributed by atoms with Gasteiger partial charge in [0.2, 0.25) is 10.0 Å². The van der Waals surface area contributed by atoms with Gasteiger partial charge in [0.1, 0.15) is 5.69 Å². The molecule has 1 aliphatic rings. The third-order valence-corrected chi connectivity index (χ3v) is 6.23. The summed E-state index contributed by atoms with van der Waals surface area (Å²) in [7, 11) is -1.60. The molecule has 0 saturated carbocycles. The van der Waals surface area contributed by atoms with Gasteiger partial charge in [0.15, 0.2) is 0 Å². The van der Waals surface area contributed by atoms with Crippen LogP contribution >= 0.6 is 0 Å². The van der Waals surface area contributed by atoms with Crippen molar-refractivity contribution >= 4 is 15.9 Å². The Kier molecular flexibility index (Phi) is 6.19. The molecule has 146 valence electrons. The van der Waals surface area contributed by atoms with Gasteiger partial charge in [-0.05, 0) is 30.5 Å². The van der Waals surface area contributed by atoms with Crippen molar-refractivity contribution in [2.75, 3.05) is 13.2 Å². The van der Waals surface area contributed by atoms with E-state index in [0.717, 1.165) is 5.56 Å². The lowest BCUT2D eigenvalue weighted by Gasteiger charge is -2.22. The fraction of sp³-hybridized carbons (Fsp3) is 0.471. The maximum Gasteiger partial charge on any atom is 0.271 e. The number of hydrogen-bond donors (Lipinski definition) is 2. The summed E-state index contributed by atoms with van der Waals surface area (Å²) >= 11 is 0. The number of amides is 1. The molecule has 2 N–H and O–H groups in total. The quantitative estimate of drug-likeness (QED) is 0.701. The van der Waals surface area contributed by atoms with Crippen LogP contribution in [0.15, 0.2) is 30.9 Å². The van der Waals surface area contributed by atoms with Crippen LogP contribution in [0.2, 0.25) is 0 Å². The molecule has 1 saturated heterocycles. The summed E-state index contributed by atoms with van der Waals surface area (Å²) in [4.78, 5) is 20.2. The molecule has 2 aromatic rings. The molecule has 3 heterocycles. The monoisotopic (exact) mass is 393 g/mol. The number of carbonyl (C=O) groups is 1. The van der Waals surface area contributed by atoms with Crippen LogP contribution in [0.5, 0.6) is 0 Å². The molecule has 0 aromatic carbocycles. The second-order valence-electron chi connectivity index (χ2n) is 6.44. The summed E-state index contributed by atoms with van der Waals surface area (Å²) < 4.78 is 34.3. The highest BCUT2D eigenvalue weighted by molar-refractivity contribution is 7.90. The predicted octanol–water partition coefficient (Wildman–Crippen LogP) is 0.344. The molecule has 1 fully saturated rings. The van der Waals surface area contributed by atoms with E-state index in [1.807, 2.05) is 0 Å². The van der Waals surface area contributed by atoms with Crippen LogP contribution in [-0.2, 0) is 34.9 Å². The lowest BCUT2D eigenvalue weighted by molar-refractivity contribution is 0.0945. The average Bonchev–Trinajstić information content (AvgIpc) is 3.12. The Labute approximate surface area is 158 Å². The van der Waals surface area contributed by atoms with Gasteiger partial charge in [0.25, 0.3) is 5.91 Å². The Bertz CT molecular complexity index is 890. The summed E-state index contributed by atoms with van der Waals surface area (Å²) in [5.41, 5.74) is 1.75. The number of rotatable bonds is 7. The molecular weight excluding hydrogens is 370 g/mol. The van der Waals surface area contributed by atoms with Gasteiger partial charge in [-0.2, -0.15) is 0 Å². The number of nitrogens with one attached hydrogen (secondary N) is 2. The highest BCUT2D eigenvalue weighted by atomic mass is 32.2. The molecule has 0 aliphatic carbocycles. The van der Waals surface area contributed by atoms with Gasteiger partial charge in [-0.25, -0.2) is 18.1 Å². The van der Waals surface area contributed by atoms with Crippen LogP contribution in [0.25, 0.3) is 0 Å². The molecule has 0 atom stereocenters. The Hall–Kier alpha value is -2.30. The van der Waals surface area contributed by atoms with Crippen LogP contribution in [0.3, 0.4) is 0 Å². The van der Waals surface area contributed by atoms with E-state index in [2.05, 4.69) is 20.0 Å². The normalized spacial score (nSPS) is 15.6. The maximum atomic E-state index is 12.4. The van der Waals surface area contributed by atoms with E-state index in [-0.39, 0.29) is 19.0 Å². The highest BCUT2D eigenvalue weighted by Gasteiger charge is 2.27. The van der Waals surface area contributed by atoms with Gasteiger partial charge in [-0.1, -0.05) is 0 Å². The van der Waals surface area contributed by atoms with Gasteiger partial charge in [-0.3, -0.25) is 9.78 Å². The first kappa shape index (κ1) is 19.5. The molecule has 0 unspecified atom stereocenters. The van der Waals surface area contributed by atoms with Crippen LogP contribution in [0.1, 0.15) is 34.6 Å². The van der Waals surface area contributed by atoms with Crippen LogP contribution in [0, 0.1) is 0 Å². The molecule has 9 nitrogen and oxygen atoms in total. The minimum absolute atomic E-state index is 0.184. The van der Waals surface area contributed by atoms with Crippen LogP contribution < -0.4 is 10.0 Å². The second-order valence-corrected chi connectivity index (χ2v) is 8.49. The van der Waals surface area contributed by atoms with Crippen molar-refractivity contribution in [1.29, 1.82) is 0 Å².